The molecule has 0 spiro atoms. The van der Waals surface area contributed by atoms with E-state index in [1.54, 1.807) is 14.2 Å². The van der Waals surface area contributed by atoms with Crippen molar-refractivity contribution in [1.82, 2.24) is 10.2 Å². The molecule has 0 N–H and O–H groups in total. The van der Waals surface area contributed by atoms with Crippen molar-refractivity contribution in [3.05, 3.63) is 42.3 Å². The maximum absolute atomic E-state index is 5.90. The number of hydrogen-bond donors (Lipinski definition) is 0. The molecule has 5 nitrogen and oxygen atoms in total. The van der Waals surface area contributed by atoms with Crippen LogP contribution in [0.15, 0.2) is 35.3 Å². The largest absolute Gasteiger partial charge is 0.496 e. The second-order valence-corrected chi connectivity index (χ2v) is 5.41. The van der Waals surface area contributed by atoms with Gasteiger partial charge >= 0.3 is 0 Å². The normalized spacial score (nSPS) is 13.6. The van der Waals surface area contributed by atoms with Gasteiger partial charge in [-0.25, -0.2) is 0 Å². The molecule has 1 atom stereocenters. The average molecular weight is 302 g/mol. The van der Waals surface area contributed by atoms with Gasteiger partial charge in [0, 0.05) is 24.8 Å². The van der Waals surface area contributed by atoms with Crippen LogP contribution in [0.1, 0.15) is 24.8 Å². The van der Waals surface area contributed by atoms with Gasteiger partial charge in [-0.15, -0.1) is 16.8 Å². The van der Waals surface area contributed by atoms with Gasteiger partial charge in [-0.05, 0) is 32.4 Å². The summed E-state index contributed by atoms with van der Waals surface area (Å²) >= 11 is 0. The summed E-state index contributed by atoms with van der Waals surface area (Å²) in [6, 6.07) is 5.75. The van der Waals surface area contributed by atoms with Gasteiger partial charge in [-0.3, -0.25) is 0 Å². The highest BCUT2D eigenvalue weighted by Crippen LogP contribution is 2.33. The van der Waals surface area contributed by atoms with Gasteiger partial charge in [0.1, 0.15) is 5.75 Å². The molecule has 0 aliphatic rings. The molecular formula is C17H22N2O3. The van der Waals surface area contributed by atoms with Crippen molar-refractivity contribution in [2.24, 2.45) is 0 Å². The van der Waals surface area contributed by atoms with Crippen molar-refractivity contribution in [2.45, 2.75) is 25.7 Å². The molecule has 1 aromatic carbocycles. The van der Waals surface area contributed by atoms with Crippen LogP contribution in [-0.2, 0) is 10.2 Å². The van der Waals surface area contributed by atoms with Gasteiger partial charge in [-0.1, -0.05) is 12.1 Å². The number of hydrogen-bond acceptors (Lipinski definition) is 5. The van der Waals surface area contributed by atoms with Crippen LogP contribution in [0.3, 0.4) is 0 Å². The van der Waals surface area contributed by atoms with E-state index >= 15 is 0 Å². The highest BCUT2D eigenvalue weighted by molar-refractivity contribution is 5.62. The first-order chi connectivity index (χ1) is 10.6. The lowest BCUT2D eigenvalue weighted by Crippen LogP contribution is -2.21. The predicted molar refractivity (Wildman–Crippen MR) is 85.1 cm³/mol. The Bertz CT molecular complexity index is 651. The van der Waals surface area contributed by atoms with Gasteiger partial charge in [0.05, 0.1) is 12.5 Å². The molecule has 0 saturated heterocycles. The van der Waals surface area contributed by atoms with Crippen molar-refractivity contribution in [2.75, 3.05) is 20.8 Å². The van der Waals surface area contributed by atoms with E-state index in [1.807, 2.05) is 38.1 Å². The zero-order valence-electron chi connectivity index (χ0n) is 13.5. The Morgan fingerprint density at radius 3 is 2.73 bits per heavy atom. The minimum atomic E-state index is -0.409. The fourth-order valence-corrected chi connectivity index (χ4v) is 2.24. The van der Waals surface area contributed by atoms with Gasteiger partial charge in [0.25, 0.3) is 0 Å². The predicted octanol–water partition coefficient (Wildman–Crippen LogP) is 3.53. The quantitative estimate of drug-likeness (QED) is 0.732. The van der Waals surface area contributed by atoms with E-state index in [0.717, 1.165) is 23.3 Å². The zero-order valence-corrected chi connectivity index (χ0v) is 13.5. The number of aromatic nitrogens is 2. The second kappa shape index (κ2) is 6.75. The average Bonchev–Trinajstić information content (AvgIpc) is 3.03. The zero-order chi connectivity index (χ0) is 16.2. The van der Waals surface area contributed by atoms with Crippen molar-refractivity contribution in [3.63, 3.8) is 0 Å². The highest BCUT2D eigenvalue weighted by Gasteiger charge is 2.29. The summed E-state index contributed by atoms with van der Waals surface area (Å²) in [5.74, 6) is 1.82. The van der Waals surface area contributed by atoms with Crippen LogP contribution in [0, 0.1) is 6.92 Å². The van der Waals surface area contributed by atoms with E-state index in [0.29, 0.717) is 18.4 Å². The summed E-state index contributed by atoms with van der Waals surface area (Å²) in [6.07, 6.45) is 2.55. The highest BCUT2D eigenvalue weighted by atomic mass is 16.5. The molecular weight excluding hydrogens is 280 g/mol. The number of ether oxygens (including phenoxy) is 2. The number of benzene rings is 1. The minimum absolute atomic E-state index is 0.409. The number of methoxy groups -OCH3 is 2. The first kappa shape index (κ1) is 16.2. The molecule has 118 valence electrons. The fourth-order valence-electron chi connectivity index (χ4n) is 2.24. The van der Waals surface area contributed by atoms with E-state index in [-0.39, 0.29) is 0 Å². The topological polar surface area (TPSA) is 57.4 Å². The minimum Gasteiger partial charge on any atom is -0.496 e. The second-order valence-electron chi connectivity index (χ2n) is 5.41. The summed E-state index contributed by atoms with van der Waals surface area (Å²) in [5.41, 5.74) is 1.43. The van der Waals surface area contributed by atoms with E-state index < -0.39 is 5.41 Å². The molecule has 0 amide bonds. The third kappa shape index (κ3) is 3.04. The lowest BCUT2D eigenvalue weighted by Gasteiger charge is -2.20. The maximum atomic E-state index is 5.90. The summed E-state index contributed by atoms with van der Waals surface area (Å²) in [6.45, 7) is 8.46. The Morgan fingerprint density at radius 1 is 1.32 bits per heavy atom. The number of nitrogens with zero attached hydrogens (tertiary/aromatic N) is 2. The molecule has 0 radical (unpaired) electrons. The maximum Gasteiger partial charge on any atom is 0.248 e. The lowest BCUT2D eigenvalue weighted by atomic mass is 9.87. The molecule has 1 aromatic heterocycles. The molecule has 0 bridgehead atoms. The molecule has 0 saturated carbocycles. The van der Waals surface area contributed by atoms with Crippen LogP contribution in [0.2, 0.25) is 0 Å². The third-order valence-electron chi connectivity index (χ3n) is 3.92. The van der Waals surface area contributed by atoms with Gasteiger partial charge < -0.3 is 13.9 Å². The lowest BCUT2D eigenvalue weighted by molar-refractivity contribution is 0.173. The molecule has 0 fully saturated rings. The monoisotopic (exact) mass is 302 g/mol. The fraction of sp³-hybridized carbons (Fsp3) is 0.412. The Labute approximate surface area is 131 Å². The summed E-state index contributed by atoms with van der Waals surface area (Å²) in [5, 5.41) is 8.38. The summed E-state index contributed by atoms with van der Waals surface area (Å²) < 4.78 is 16.4. The molecule has 1 unspecified atom stereocenters. The molecule has 2 rings (SSSR count). The van der Waals surface area contributed by atoms with Gasteiger partial charge in [-0.2, -0.15) is 0 Å². The Balaban J connectivity index is 2.37. The van der Waals surface area contributed by atoms with E-state index in [9.17, 15) is 0 Å². The Morgan fingerprint density at radius 2 is 2.09 bits per heavy atom. The van der Waals surface area contributed by atoms with E-state index in [2.05, 4.69) is 16.8 Å². The molecule has 2 aromatic rings. The Kier molecular flexibility index (Phi) is 4.98. The van der Waals surface area contributed by atoms with Crippen LogP contribution in [0.25, 0.3) is 11.5 Å². The van der Waals surface area contributed by atoms with Gasteiger partial charge in [0.15, 0.2) is 0 Å². The van der Waals surface area contributed by atoms with Crippen molar-refractivity contribution in [3.8, 4) is 17.2 Å². The Hall–Kier alpha value is -2.14. The van der Waals surface area contributed by atoms with E-state index in [4.69, 9.17) is 13.9 Å². The van der Waals surface area contributed by atoms with E-state index in [1.165, 1.54) is 0 Å². The summed E-state index contributed by atoms with van der Waals surface area (Å²) in [7, 11) is 3.31. The van der Waals surface area contributed by atoms with Crippen molar-refractivity contribution >= 4 is 0 Å². The third-order valence-corrected chi connectivity index (χ3v) is 3.92. The molecule has 22 heavy (non-hydrogen) atoms. The number of rotatable bonds is 7. The molecule has 0 aliphatic heterocycles. The van der Waals surface area contributed by atoms with Crippen LogP contribution < -0.4 is 4.74 Å². The van der Waals surface area contributed by atoms with Crippen molar-refractivity contribution in [1.29, 1.82) is 0 Å². The van der Waals surface area contributed by atoms with Crippen LogP contribution in [0.4, 0.5) is 0 Å². The smallest absolute Gasteiger partial charge is 0.248 e. The summed E-state index contributed by atoms with van der Waals surface area (Å²) in [4.78, 5) is 0. The first-order valence-electron chi connectivity index (χ1n) is 7.16. The van der Waals surface area contributed by atoms with Crippen LogP contribution >= 0.6 is 0 Å². The van der Waals surface area contributed by atoms with Crippen molar-refractivity contribution < 1.29 is 13.9 Å². The van der Waals surface area contributed by atoms with Crippen LogP contribution in [0.5, 0.6) is 5.75 Å². The first-order valence-corrected chi connectivity index (χ1v) is 7.16. The molecule has 5 heteroatoms. The SMILES string of the molecule is C=CC(C)(CCOC)c1nnc(-c2cccc(OC)c2C)o1. The molecule has 0 aliphatic carbocycles. The van der Waals surface area contributed by atoms with Crippen LogP contribution in [-0.4, -0.2) is 31.0 Å². The standard InChI is InChI=1S/C17H22N2O3/c1-6-17(3,10-11-20-4)16-19-18-15(22-16)13-8-7-9-14(21-5)12(13)2/h6-9H,1,10-11H2,2-5H3. The molecule has 1 heterocycles. The van der Waals surface area contributed by atoms with Gasteiger partial charge in [0.2, 0.25) is 11.8 Å². The number of allylic oxidation sites excluding steroid dienone is 1.